The van der Waals surface area contributed by atoms with Crippen molar-refractivity contribution in [2.45, 2.75) is 11.7 Å². The highest BCUT2D eigenvalue weighted by atomic mass is 32.2. The molecule has 0 heterocycles. The van der Waals surface area contributed by atoms with Crippen molar-refractivity contribution in [3.8, 4) is 0 Å². The molecule has 0 aliphatic rings. The first-order chi connectivity index (χ1) is 12.0. The lowest BCUT2D eigenvalue weighted by molar-refractivity contribution is -0.384. The average molecular weight is 359 g/mol. The molecule has 0 bridgehead atoms. The summed E-state index contributed by atoms with van der Waals surface area (Å²) in [5.74, 6) is -0.348. The van der Waals surface area contributed by atoms with Crippen LogP contribution in [0.25, 0.3) is 0 Å². The fraction of sp³-hybridized carbons (Fsp3) is 0.222. The number of nitrogens with zero attached hydrogens (tertiary/aromatic N) is 1. The number of methoxy groups -OCH3 is 1. The third-order valence-corrected chi connectivity index (χ3v) is 4.82. The summed E-state index contributed by atoms with van der Waals surface area (Å²) in [5.41, 5.74) is 1.29. The average Bonchev–Trinajstić information content (AvgIpc) is 2.65. The smallest absolute Gasteiger partial charge is 0.315 e. The van der Waals surface area contributed by atoms with Crippen molar-refractivity contribution >= 4 is 29.2 Å². The normalized spacial score (nSPS) is 11.6. The summed E-state index contributed by atoms with van der Waals surface area (Å²) in [7, 11) is 1.32. The summed E-state index contributed by atoms with van der Waals surface area (Å²) in [5, 5.41) is 10.5. The van der Waals surface area contributed by atoms with E-state index in [2.05, 4.69) is 4.74 Å². The number of ether oxygens (including phenoxy) is 1. The maximum Gasteiger partial charge on any atom is 0.315 e. The minimum atomic E-state index is -0.507. The van der Waals surface area contributed by atoms with Crippen molar-refractivity contribution < 1.29 is 19.2 Å². The van der Waals surface area contributed by atoms with Gasteiger partial charge in [0.2, 0.25) is 0 Å². The van der Waals surface area contributed by atoms with Crippen LogP contribution in [-0.4, -0.2) is 29.5 Å². The Balaban J connectivity index is 2.13. The lowest BCUT2D eigenvalue weighted by Gasteiger charge is -2.16. The van der Waals surface area contributed by atoms with Gasteiger partial charge in [-0.2, -0.15) is 0 Å². The van der Waals surface area contributed by atoms with Crippen LogP contribution in [-0.2, 0) is 9.53 Å². The highest BCUT2D eigenvalue weighted by Crippen LogP contribution is 2.33. The minimum Gasteiger partial charge on any atom is -0.468 e. The van der Waals surface area contributed by atoms with Gasteiger partial charge in [-0.25, -0.2) is 0 Å². The SMILES string of the molecule is COC(=O)CS[C@@H](CC(=O)c1ccc([N+](=O)[O-])cc1)c1ccccc1. The summed E-state index contributed by atoms with van der Waals surface area (Å²) >= 11 is 1.33. The van der Waals surface area contributed by atoms with Gasteiger partial charge in [0.15, 0.2) is 5.78 Å². The zero-order chi connectivity index (χ0) is 18.2. The second kappa shape index (κ2) is 8.98. The van der Waals surface area contributed by atoms with E-state index in [1.54, 1.807) is 0 Å². The first-order valence-electron chi connectivity index (χ1n) is 7.52. The molecular weight excluding hydrogens is 342 g/mol. The molecule has 0 amide bonds. The van der Waals surface area contributed by atoms with Gasteiger partial charge in [0.05, 0.1) is 17.8 Å². The van der Waals surface area contributed by atoms with Crippen molar-refractivity contribution in [1.82, 2.24) is 0 Å². The number of benzene rings is 2. The Morgan fingerprint density at radius 2 is 1.76 bits per heavy atom. The molecule has 0 aliphatic heterocycles. The minimum absolute atomic E-state index is 0.0591. The zero-order valence-electron chi connectivity index (χ0n) is 13.6. The predicted molar refractivity (Wildman–Crippen MR) is 95.7 cm³/mol. The number of non-ortho nitro benzene ring substituents is 1. The molecule has 0 radical (unpaired) electrons. The van der Waals surface area contributed by atoms with Gasteiger partial charge in [-0.3, -0.25) is 19.7 Å². The molecule has 0 aliphatic carbocycles. The van der Waals surface area contributed by atoms with E-state index in [1.807, 2.05) is 30.3 Å². The molecule has 25 heavy (non-hydrogen) atoms. The summed E-state index contributed by atoms with van der Waals surface area (Å²) < 4.78 is 4.65. The van der Waals surface area contributed by atoms with Gasteiger partial charge in [-0.15, -0.1) is 11.8 Å². The topological polar surface area (TPSA) is 86.5 Å². The van der Waals surface area contributed by atoms with Gasteiger partial charge in [0.1, 0.15) is 0 Å². The quantitative estimate of drug-likeness (QED) is 0.308. The van der Waals surface area contributed by atoms with Crippen LogP contribution in [0.3, 0.4) is 0 Å². The maximum atomic E-state index is 12.5. The highest BCUT2D eigenvalue weighted by Gasteiger charge is 2.20. The Hall–Kier alpha value is -2.67. The molecule has 0 saturated carbocycles. The van der Waals surface area contributed by atoms with Gasteiger partial charge >= 0.3 is 5.97 Å². The van der Waals surface area contributed by atoms with E-state index in [9.17, 15) is 19.7 Å². The van der Waals surface area contributed by atoms with Crippen molar-refractivity contribution in [1.29, 1.82) is 0 Å². The second-order valence-electron chi connectivity index (χ2n) is 5.22. The van der Waals surface area contributed by atoms with Crippen LogP contribution in [0, 0.1) is 10.1 Å². The molecule has 130 valence electrons. The first kappa shape index (κ1) is 18.7. The number of nitro groups is 1. The van der Waals surface area contributed by atoms with Crippen LogP contribution >= 0.6 is 11.8 Å². The molecule has 2 aromatic carbocycles. The highest BCUT2D eigenvalue weighted by molar-refractivity contribution is 8.00. The van der Waals surface area contributed by atoms with Crippen molar-refractivity contribution in [2.24, 2.45) is 0 Å². The largest absolute Gasteiger partial charge is 0.468 e. The molecule has 0 spiro atoms. The Bertz CT molecular complexity index is 746. The summed E-state index contributed by atoms with van der Waals surface area (Å²) in [6.45, 7) is 0. The molecular formula is C18H17NO5S. The fourth-order valence-electron chi connectivity index (χ4n) is 2.22. The summed E-state index contributed by atoms with van der Waals surface area (Å²) in [6, 6.07) is 15.0. The first-order valence-corrected chi connectivity index (χ1v) is 8.57. The second-order valence-corrected chi connectivity index (χ2v) is 6.41. The van der Waals surface area contributed by atoms with E-state index in [1.165, 1.54) is 43.1 Å². The third-order valence-electron chi connectivity index (χ3n) is 3.57. The predicted octanol–water partition coefficient (Wildman–Crippen LogP) is 3.82. The number of ketones is 1. The number of esters is 1. The number of thioether (sulfide) groups is 1. The number of nitro benzene ring substituents is 1. The van der Waals surface area contributed by atoms with Crippen LogP contribution < -0.4 is 0 Å². The number of hydrogen-bond acceptors (Lipinski definition) is 6. The zero-order valence-corrected chi connectivity index (χ0v) is 14.4. The monoisotopic (exact) mass is 359 g/mol. The molecule has 2 rings (SSSR count). The van der Waals surface area contributed by atoms with E-state index in [4.69, 9.17) is 0 Å². The van der Waals surface area contributed by atoms with E-state index >= 15 is 0 Å². The van der Waals surface area contributed by atoms with Gasteiger partial charge in [0.25, 0.3) is 5.69 Å². The van der Waals surface area contributed by atoms with E-state index in [0.29, 0.717) is 5.56 Å². The van der Waals surface area contributed by atoms with Crippen LogP contribution in [0.4, 0.5) is 5.69 Å². The molecule has 7 heteroatoms. The van der Waals surface area contributed by atoms with Gasteiger partial charge in [-0.1, -0.05) is 30.3 Å². The fourth-order valence-corrected chi connectivity index (χ4v) is 3.30. The molecule has 0 N–H and O–H groups in total. The van der Waals surface area contributed by atoms with Crippen LogP contribution in [0.5, 0.6) is 0 Å². The molecule has 6 nitrogen and oxygen atoms in total. The Morgan fingerprint density at radius 1 is 1.12 bits per heavy atom. The van der Waals surface area contributed by atoms with Crippen LogP contribution in [0.15, 0.2) is 54.6 Å². The number of Topliss-reactive ketones (excluding diaryl/α,β-unsaturated/α-hetero) is 1. The third kappa shape index (κ3) is 5.42. The van der Waals surface area contributed by atoms with Crippen molar-refractivity contribution in [2.75, 3.05) is 12.9 Å². The Labute approximate surface area is 149 Å². The molecule has 2 aromatic rings. The van der Waals surface area contributed by atoms with Crippen LogP contribution in [0.2, 0.25) is 0 Å². The molecule has 0 saturated heterocycles. The lowest BCUT2D eigenvalue weighted by Crippen LogP contribution is -2.10. The van der Waals surface area contributed by atoms with E-state index in [0.717, 1.165) is 5.56 Å². The summed E-state index contributed by atoms with van der Waals surface area (Å²) in [6.07, 6.45) is 0.184. The van der Waals surface area contributed by atoms with Gasteiger partial charge < -0.3 is 4.74 Å². The van der Waals surface area contributed by atoms with Gasteiger partial charge in [0, 0.05) is 29.4 Å². The molecule has 0 fully saturated rings. The van der Waals surface area contributed by atoms with Gasteiger partial charge in [-0.05, 0) is 17.7 Å². The van der Waals surface area contributed by atoms with E-state index in [-0.39, 0.29) is 34.9 Å². The molecule has 0 aromatic heterocycles. The van der Waals surface area contributed by atoms with E-state index < -0.39 is 4.92 Å². The van der Waals surface area contributed by atoms with Crippen LogP contribution in [0.1, 0.15) is 27.6 Å². The number of carbonyl (C=O) groups is 2. The standard InChI is InChI=1S/C18H17NO5S/c1-24-18(21)12-25-17(14-5-3-2-4-6-14)11-16(20)13-7-9-15(10-8-13)19(22)23/h2-10,17H,11-12H2,1H3/t17-/m0/s1. The summed E-state index contributed by atoms with van der Waals surface area (Å²) in [4.78, 5) is 34.1. The number of hydrogen-bond donors (Lipinski definition) is 0. The van der Waals surface area contributed by atoms with Crippen molar-refractivity contribution in [3.63, 3.8) is 0 Å². The lowest BCUT2D eigenvalue weighted by atomic mass is 10.0. The number of carbonyl (C=O) groups excluding carboxylic acids is 2. The molecule has 0 unspecified atom stereocenters. The Kier molecular flexibility index (Phi) is 6.71. The molecule has 1 atom stereocenters. The Morgan fingerprint density at radius 3 is 2.32 bits per heavy atom. The number of rotatable bonds is 8. The van der Waals surface area contributed by atoms with Crippen molar-refractivity contribution in [3.05, 3.63) is 75.8 Å². The maximum absolute atomic E-state index is 12.5.